The topological polar surface area (TPSA) is 74.2 Å². The molecule has 0 aliphatic heterocycles. The van der Waals surface area contributed by atoms with Gasteiger partial charge in [0, 0.05) is 24.7 Å². The zero-order valence-electron chi connectivity index (χ0n) is 14.3. The molecule has 2 aromatic carbocycles. The quantitative estimate of drug-likeness (QED) is 0.631. The van der Waals surface area contributed by atoms with Gasteiger partial charge in [0.2, 0.25) is 0 Å². The molecule has 0 saturated carbocycles. The van der Waals surface area contributed by atoms with Gasteiger partial charge in [-0.1, -0.05) is 42.5 Å². The van der Waals surface area contributed by atoms with Gasteiger partial charge in [-0.3, -0.25) is 4.98 Å². The number of urea groups is 1. The molecule has 0 aliphatic carbocycles. The van der Waals surface area contributed by atoms with E-state index in [1.807, 2.05) is 66.7 Å². The van der Waals surface area contributed by atoms with Crippen LogP contribution in [0.1, 0.15) is 18.0 Å². The molecule has 3 N–H and O–H groups in total. The Bertz CT molecular complexity index is 821. The highest BCUT2D eigenvalue weighted by atomic mass is 16.3. The summed E-state index contributed by atoms with van der Waals surface area (Å²) < 4.78 is 0. The van der Waals surface area contributed by atoms with Crippen molar-refractivity contribution >= 4 is 11.7 Å². The molecule has 3 aromatic rings. The molecule has 0 spiro atoms. The van der Waals surface area contributed by atoms with E-state index >= 15 is 0 Å². The average Bonchev–Trinajstić information content (AvgIpc) is 2.69. The number of benzene rings is 2. The lowest BCUT2D eigenvalue weighted by Crippen LogP contribution is -2.33. The molecule has 0 fully saturated rings. The van der Waals surface area contributed by atoms with Crippen LogP contribution in [0.25, 0.3) is 11.1 Å². The van der Waals surface area contributed by atoms with Crippen molar-refractivity contribution in [3.05, 3.63) is 84.7 Å². The summed E-state index contributed by atoms with van der Waals surface area (Å²) in [5.74, 6) is 0. The van der Waals surface area contributed by atoms with Crippen LogP contribution in [-0.2, 0) is 0 Å². The van der Waals surface area contributed by atoms with Gasteiger partial charge in [0.1, 0.15) is 0 Å². The molecule has 0 bridgehead atoms. The Morgan fingerprint density at radius 1 is 0.923 bits per heavy atom. The number of nitrogens with zero attached hydrogens (tertiary/aromatic N) is 1. The number of aliphatic hydroxyl groups is 1. The highest BCUT2D eigenvalue weighted by molar-refractivity contribution is 5.89. The molecular formula is C21H21N3O2. The molecule has 1 atom stereocenters. The van der Waals surface area contributed by atoms with Crippen LogP contribution in [0.4, 0.5) is 10.5 Å². The molecule has 0 aliphatic rings. The second-order valence-electron chi connectivity index (χ2n) is 5.89. The zero-order chi connectivity index (χ0) is 18.2. The Morgan fingerprint density at radius 2 is 1.58 bits per heavy atom. The maximum Gasteiger partial charge on any atom is 0.319 e. The van der Waals surface area contributed by atoms with Gasteiger partial charge in [-0.25, -0.2) is 4.79 Å². The molecule has 3 rings (SSSR count). The maximum atomic E-state index is 12.3. The molecule has 0 radical (unpaired) electrons. The number of rotatable bonds is 6. The van der Waals surface area contributed by atoms with Crippen molar-refractivity contribution < 1.29 is 9.90 Å². The summed E-state index contributed by atoms with van der Waals surface area (Å²) in [7, 11) is 0. The van der Waals surface area contributed by atoms with Crippen LogP contribution < -0.4 is 10.6 Å². The van der Waals surface area contributed by atoms with Gasteiger partial charge in [-0.2, -0.15) is 0 Å². The molecule has 1 heterocycles. The van der Waals surface area contributed by atoms with Crippen LogP contribution in [0, 0.1) is 0 Å². The van der Waals surface area contributed by atoms with Crippen LogP contribution in [0.2, 0.25) is 0 Å². The van der Waals surface area contributed by atoms with Crippen molar-refractivity contribution in [2.24, 2.45) is 0 Å². The van der Waals surface area contributed by atoms with Crippen molar-refractivity contribution in [2.45, 2.75) is 12.5 Å². The highest BCUT2D eigenvalue weighted by Gasteiger charge is 2.14. The van der Waals surface area contributed by atoms with Crippen LogP contribution >= 0.6 is 0 Å². The first-order valence-electron chi connectivity index (χ1n) is 8.50. The Morgan fingerprint density at radius 3 is 2.23 bits per heavy atom. The number of hydrogen-bond acceptors (Lipinski definition) is 3. The van der Waals surface area contributed by atoms with Gasteiger partial charge in [0.25, 0.3) is 0 Å². The van der Waals surface area contributed by atoms with Crippen LogP contribution in [0.15, 0.2) is 79.1 Å². The Balaban J connectivity index is 1.63. The number of pyridine rings is 1. The molecule has 132 valence electrons. The first-order valence-corrected chi connectivity index (χ1v) is 8.50. The van der Waals surface area contributed by atoms with Gasteiger partial charge < -0.3 is 15.7 Å². The Labute approximate surface area is 152 Å². The number of anilines is 1. The Hall–Kier alpha value is -3.18. The highest BCUT2D eigenvalue weighted by Crippen LogP contribution is 2.21. The van der Waals surface area contributed by atoms with Gasteiger partial charge in [0.15, 0.2) is 0 Å². The van der Waals surface area contributed by atoms with Gasteiger partial charge in [-0.15, -0.1) is 0 Å². The fraction of sp³-hybridized carbons (Fsp3) is 0.143. The summed E-state index contributed by atoms with van der Waals surface area (Å²) in [6.45, 7) is 0.000467. The first-order chi connectivity index (χ1) is 12.8. The van der Waals surface area contributed by atoms with Crippen molar-refractivity contribution in [3.8, 4) is 11.1 Å². The number of carbonyl (C=O) groups is 1. The number of amides is 2. The molecule has 0 saturated heterocycles. The largest absolute Gasteiger partial charge is 0.396 e. The van der Waals surface area contributed by atoms with E-state index in [1.54, 1.807) is 12.4 Å². The summed E-state index contributed by atoms with van der Waals surface area (Å²) in [6.07, 6.45) is 3.96. The fourth-order valence-corrected chi connectivity index (χ4v) is 2.75. The van der Waals surface area contributed by atoms with Crippen molar-refractivity contribution in [3.63, 3.8) is 0 Å². The van der Waals surface area contributed by atoms with E-state index in [1.165, 1.54) is 0 Å². The van der Waals surface area contributed by atoms with Gasteiger partial charge >= 0.3 is 6.03 Å². The number of hydrogen-bond donors (Lipinski definition) is 3. The van der Waals surface area contributed by atoms with E-state index in [4.69, 9.17) is 0 Å². The summed E-state index contributed by atoms with van der Waals surface area (Å²) in [4.78, 5) is 16.3. The normalized spacial score (nSPS) is 11.6. The first kappa shape index (κ1) is 17.6. The van der Waals surface area contributed by atoms with E-state index in [2.05, 4.69) is 15.6 Å². The minimum atomic E-state index is -0.302. The lowest BCUT2D eigenvalue weighted by molar-refractivity contribution is 0.239. The van der Waals surface area contributed by atoms with E-state index < -0.39 is 0 Å². The lowest BCUT2D eigenvalue weighted by Gasteiger charge is -2.18. The third-order valence-electron chi connectivity index (χ3n) is 4.08. The summed E-state index contributed by atoms with van der Waals surface area (Å²) >= 11 is 0. The minimum absolute atomic E-state index is 0.000467. The summed E-state index contributed by atoms with van der Waals surface area (Å²) in [6, 6.07) is 20.6. The SMILES string of the molecule is O=C(Nc1ccc(-c2ccncc2)cc1)NC(CCO)c1ccccc1. The lowest BCUT2D eigenvalue weighted by atomic mass is 10.0. The second kappa shape index (κ2) is 8.78. The maximum absolute atomic E-state index is 12.3. The molecule has 5 nitrogen and oxygen atoms in total. The average molecular weight is 347 g/mol. The number of nitrogens with one attached hydrogen (secondary N) is 2. The van der Waals surface area contributed by atoms with Crippen molar-refractivity contribution in [2.75, 3.05) is 11.9 Å². The molecule has 2 amide bonds. The number of aliphatic hydroxyl groups excluding tert-OH is 1. The third kappa shape index (κ3) is 4.68. The smallest absolute Gasteiger partial charge is 0.319 e. The predicted octanol–water partition coefficient (Wildman–Crippen LogP) is 3.99. The van der Waals surface area contributed by atoms with Crippen LogP contribution in [0.5, 0.6) is 0 Å². The molecule has 5 heteroatoms. The summed E-state index contributed by atoms with van der Waals surface area (Å²) in [5.41, 5.74) is 3.80. The monoisotopic (exact) mass is 347 g/mol. The number of aromatic nitrogens is 1. The molecule has 26 heavy (non-hydrogen) atoms. The molecular weight excluding hydrogens is 326 g/mol. The molecule has 1 aromatic heterocycles. The predicted molar refractivity (Wildman–Crippen MR) is 103 cm³/mol. The summed E-state index contributed by atoms with van der Waals surface area (Å²) in [5, 5.41) is 15.0. The van der Waals surface area contributed by atoms with Crippen molar-refractivity contribution in [1.82, 2.24) is 10.3 Å². The fourth-order valence-electron chi connectivity index (χ4n) is 2.75. The van der Waals surface area contributed by atoms with Crippen LogP contribution in [0.3, 0.4) is 0 Å². The van der Waals surface area contributed by atoms with Crippen molar-refractivity contribution in [1.29, 1.82) is 0 Å². The number of carbonyl (C=O) groups excluding carboxylic acids is 1. The van der Waals surface area contributed by atoms with Gasteiger partial charge in [-0.05, 0) is 47.4 Å². The standard InChI is InChI=1S/C21H21N3O2/c25-15-12-20(18-4-2-1-3-5-18)24-21(26)23-19-8-6-16(7-9-19)17-10-13-22-14-11-17/h1-11,13-14,20,25H,12,15H2,(H2,23,24,26). The van der Waals surface area contributed by atoms with E-state index in [9.17, 15) is 9.90 Å². The minimum Gasteiger partial charge on any atom is -0.396 e. The second-order valence-corrected chi connectivity index (χ2v) is 5.89. The van der Waals surface area contributed by atoms with E-state index in [0.29, 0.717) is 12.1 Å². The van der Waals surface area contributed by atoms with E-state index in [-0.39, 0.29) is 18.7 Å². The zero-order valence-corrected chi connectivity index (χ0v) is 14.3. The van der Waals surface area contributed by atoms with Crippen LogP contribution in [-0.4, -0.2) is 22.7 Å². The molecule has 1 unspecified atom stereocenters. The van der Waals surface area contributed by atoms with E-state index in [0.717, 1.165) is 16.7 Å². The van der Waals surface area contributed by atoms with Gasteiger partial charge in [0.05, 0.1) is 6.04 Å². The Kier molecular flexibility index (Phi) is 5.96. The third-order valence-corrected chi connectivity index (χ3v) is 4.08.